The van der Waals surface area contributed by atoms with Gasteiger partial charge in [0.15, 0.2) is 11.7 Å². The van der Waals surface area contributed by atoms with Crippen LogP contribution >= 0.6 is 12.2 Å². The highest BCUT2D eigenvalue weighted by Crippen LogP contribution is 2.16. The molecule has 0 radical (unpaired) electrons. The topological polar surface area (TPSA) is 62.4 Å². The monoisotopic (exact) mass is 361 g/mol. The summed E-state index contributed by atoms with van der Waals surface area (Å²) in [6, 6.07) is 10.3. The van der Waals surface area contributed by atoms with Crippen LogP contribution in [0.15, 0.2) is 36.4 Å². The molecule has 0 aromatic heterocycles. The van der Waals surface area contributed by atoms with Gasteiger partial charge in [0.2, 0.25) is 0 Å². The molecule has 5 nitrogen and oxygen atoms in total. The van der Waals surface area contributed by atoms with E-state index < -0.39 is 5.91 Å². The fourth-order valence-corrected chi connectivity index (χ4v) is 2.12. The number of thiocarbonyl (C=S) groups is 1. The van der Waals surface area contributed by atoms with Crippen molar-refractivity contribution in [3.63, 3.8) is 0 Å². The van der Waals surface area contributed by atoms with Crippen LogP contribution in [0.4, 0.5) is 10.1 Å². The summed E-state index contributed by atoms with van der Waals surface area (Å²) in [6.45, 7) is 5.49. The lowest BCUT2D eigenvalue weighted by atomic mass is 10.1. The van der Waals surface area contributed by atoms with E-state index in [2.05, 4.69) is 16.2 Å². The minimum absolute atomic E-state index is 0.141. The molecule has 2 aromatic rings. The number of aryl methyl sites for hydroxylation is 3. The molecule has 7 heteroatoms. The molecule has 0 fully saturated rings. The fraction of sp³-hybridized carbons (Fsp3) is 0.222. The standard InChI is InChI=1S/C18H20FN3O2S/c1-11-5-7-15(8-13(11)3)24-10-17(23)21-22-18(25)20-14-6-4-12(2)16(19)9-14/h4-9H,10H2,1-3H3,(H,21,23)(H2,20,22,25). The van der Waals surface area contributed by atoms with Gasteiger partial charge in [-0.1, -0.05) is 12.1 Å². The average molecular weight is 361 g/mol. The van der Waals surface area contributed by atoms with E-state index in [9.17, 15) is 9.18 Å². The number of hydrogen-bond acceptors (Lipinski definition) is 3. The Balaban J connectivity index is 1.76. The van der Waals surface area contributed by atoms with Crippen LogP contribution in [0.2, 0.25) is 0 Å². The third-order valence-electron chi connectivity index (χ3n) is 3.59. The zero-order valence-electron chi connectivity index (χ0n) is 14.3. The molecular formula is C18H20FN3O2S. The van der Waals surface area contributed by atoms with E-state index >= 15 is 0 Å². The maximum absolute atomic E-state index is 13.5. The number of ether oxygens (including phenoxy) is 1. The van der Waals surface area contributed by atoms with Crippen LogP contribution < -0.4 is 20.9 Å². The highest BCUT2D eigenvalue weighted by atomic mass is 32.1. The van der Waals surface area contributed by atoms with Crippen LogP contribution in [0.1, 0.15) is 16.7 Å². The Morgan fingerprint density at radius 1 is 1.04 bits per heavy atom. The molecule has 2 aromatic carbocycles. The van der Waals surface area contributed by atoms with Crippen LogP contribution in [0.25, 0.3) is 0 Å². The van der Waals surface area contributed by atoms with Gasteiger partial charge in [-0.3, -0.25) is 15.6 Å². The van der Waals surface area contributed by atoms with Crippen molar-refractivity contribution in [2.45, 2.75) is 20.8 Å². The molecule has 0 heterocycles. The molecule has 2 rings (SSSR count). The minimum atomic E-state index is -0.391. The zero-order chi connectivity index (χ0) is 18.4. The average Bonchev–Trinajstić information content (AvgIpc) is 2.57. The Bertz CT molecular complexity index is 796. The first-order valence-corrected chi connectivity index (χ1v) is 8.08. The number of amides is 1. The van der Waals surface area contributed by atoms with Gasteiger partial charge in [-0.25, -0.2) is 4.39 Å². The normalized spacial score (nSPS) is 10.1. The lowest BCUT2D eigenvalue weighted by Crippen LogP contribution is -2.45. The van der Waals surface area contributed by atoms with E-state index in [4.69, 9.17) is 17.0 Å². The van der Waals surface area contributed by atoms with E-state index in [1.54, 1.807) is 25.1 Å². The van der Waals surface area contributed by atoms with E-state index in [-0.39, 0.29) is 17.5 Å². The van der Waals surface area contributed by atoms with Crippen molar-refractivity contribution in [3.8, 4) is 5.75 Å². The van der Waals surface area contributed by atoms with Crippen molar-refractivity contribution in [3.05, 3.63) is 58.9 Å². The number of nitrogens with one attached hydrogen (secondary N) is 3. The van der Waals surface area contributed by atoms with Crippen molar-refractivity contribution in [2.75, 3.05) is 11.9 Å². The number of benzene rings is 2. The fourth-order valence-electron chi connectivity index (χ4n) is 1.95. The van der Waals surface area contributed by atoms with Gasteiger partial charge < -0.3 is 10.1 Å². The Morgan fingerprint density at radius 3 is 2.44 bits per heavy atom. The molecule has 25 heavy (non-hydrogen) atoms. The summed E-state index contributed by atoms with van der Waals surface area (Å²) in [5, 5.41) is 2.92. The molecule has 0 saturated carbocycles. The predicted octanol–water partition coefficient (Wildman–Crippen LogP) is 3.15. The Hall–Kier alpha value is -2.67. The molecular weight excluding hydrogens is 341 g/mol. The summed E-state index contributed by atoms with van der Waals surface area (Å²) in [6.07, 6.45) is 0. The van der Waals surface area contributed by atoms with Crippen LogP contribution in [-0.2, 0) is 4.79 Å². The van der Waals surface area contributed by atoms with Crippen molar-refractivity contribution < 1.29 is 13.9 Å². The van der Waals surface area contributed by atoms with Gasteiger partial charge in [-0.05, 0) is 73.9 Å². The molecule has 3 N–H and O–H groups in total. The summed E-state index contributed by atoms with van der Waals surface area (Å²) in [4.78, 5) is 11.8. The van der Waals surface area contributed by atoms with Crippen molar-refractivity contribution in [2.24, 2.45) is 0 Å². The van der Waals surface area contributed by atoms with E-state index in [0.29, 0.717) is 17.0 Å². The maximum atomic E-state index is 13.5. The molecule has 0 spiro atoms. The van der Waals surface area contributed by atoms with E-state index in [1.807, 2.05) is 26.0 Å². The van der Waals surface area contributed by atoms with Crippen LogP contribution in [0.3, 0.4) is 0 Å². The Morgan fingerprint density at radius 2 is 1.76 bits per heavy atom. The molecule has 132 valence electrons. The summed E-state index contributed by atoms with van der Waals surface area (Å²) < 4.78 is 18.9. The first-order chi connectivity index (χ1) is 11.8. The molecule has 0 bridgehead atoms. The lowest BCUT2D eigenvalue weighted by Gasteiger charge is -2.13. The first kappa shape index (κ1) is 18.7. The van der Waals surface area contributed by atoms with Crippen LogP contribution in [-0.4, -0.2) is 17.6 Å². The lowest BCUT2D eigenvalue weighted by molar-refractivity contribution is -0.123. The third-order valence-corrected chi connectivity index (χ3v) is 3.80. The first-order valence-electron chi connectivity index (χ1n) is 7.67. The summed E-state index contributed by atoms with van der Waals surface area (Å²) in [5.74, 6) is -0.106. The van der Waals surface area contributed by atoms with Gasteiger partial charge >= 0.3 is 0 Å². The number of hydrogen-bond donors (Lipinski definition) is 3. The van der Waals surface area contributed by atoms with Gasteiger partial charge in [0.05, 0.1) is 0 Å². The second kappa shape index (κ2) is 8.43. The summed E-state index contributed by atoms with van der Waals surface area (Å²) >= 11 is 5.04. The molecule has 0 aliphatic rings. The van der Waals surface area contributed by atoms with Gasteiger partial charge in [0.25, 0.3) is 5.91 Å². The molecule has 0 saturated heterocycles. The van der Waals surface area contributed by atoms with Crippen LogP contribution in [0, 0.1) is 26.6 Å². The number of rotatable bonds is 4. The predicted molar refractivity (Wildman–Crippen MR) is 100 cm³/mol. The molecule has 1 amide bonds. The summed E-state index contributed by atoms with van der Waals surface area (Å²) in [7, 11) is 0. The Kier molecular flexibility index (Phi) is 6.30. The number of carbonyl (C=O) groups is 1. The van der Waals surface area contributed by atoms with Crippen molar-refractivity contribution >= 4 is 28.9 Å². The van der Waals surface area contributed by atoms with Crippen molar-refractivity contribution in [1.82, 2.24) is 10.9 Å². The van der Waals surface area contributed by atoms with E-state index in [1.165, 1.54) is 6.07 Å². The molecule has 0 atom stereocenters. The Labute approximate surface area is 151 Å². The number of halogens is 1. The summed E-state index contributed by atoms with van der Waals surface area (Å²) in [5.41, 5.74) is 8.23. The van der Waals surface area contributed by atoms with Crippen LogP contribution in [0.5, 0.6) is 5.75 Å². The number of hydrazine groups is 1. The van der Waals surface area contributed by atoms with E-state index in [0.717, 1.165) is 11.1 Å². The van der Waals surface area contributed by atoms with Crippen molar-refractivity contribution in [1.29, 1.82) is 0 Å². The largest absolute Gasteiger partial charge is 0.484 e. The van der Waals surface area contributed by atoms with Gasteiger partial charge in [-0.15, -0.1) is 0 Å². The van der Waals surface area contributed by atoms with Gasteiger partial charge in [-0.2, -0.15) is 0 Å². The molecule has 0 aliphatic heterocycles. The quantitative estimate of drug-likeness (QED) is 0.577. The highest BCUT2D eigenvalue weighted by molar-refractivity contribution is 7.80. The highest BCUT2D eigenvalue weighted by Gasteiger charge is 2.05. The molecule has 0 unspecified atom stereocenters. The third kappa shape index (κ3) is 5.72. The number of carbonyl (C=O) groups excluding carboxylic acids is 1. The SMILES string of the molecule is Cc1ccc(OCC(=O)NNC(=S)Nc2ccc(C)c(F)c2)cc1C. The van der Waals surface area contributed by atoms with Gasteiger partial charge in [0, 0.05) is 5.69 Å². The minimum Gasteiger partial charge on any atom is -0.484 e. The maximum Gasteiger partial charge on any atom is 0.276 e. The van der Waals surface area contributed by atoms with Gasteiger partial charge in [0.1, 0.15) is 11.6 Å². The second-order valence-corrected chi connectivity index (χ2v) is 6.03. The molecule has 0 aliphatic carbocycles. The number of anilines is 1. The smallest absolute Gasteiger partial charge is 0.276 e. The second-order valence-electron chi connectivity index (χ2n) is 5.63. The zero-order valence-corrected chi connectivity index (χ0v) is 15.1.